The molecule has 0 unspecified atom stereocenters. The van der Waals surface area contributed by atoms with E-state index < -0.39 is 53.1 Å². The van der Waals surface area contributed by atoms with Gasteiger partial charge >= 0.3 is 242 Å². The number of rotatable bonds is 8. The summed E-state index contributed by atoms with van der Waals surface area (Å²) >= 11 is -7.70. The minimum absolute atomic E-state index is 1.19. The van der Waals surface area contributed by atoms with Crippen LogP contribution in [0.2, 0.25) is 69.1 Å². The summed E-state index contributed by atoms with van der Waals surface area (Å²) < 4.78 is 6.78. The van der Waals surface area contributed by atoms with Crippen molar-refractivity contribution in [1.29, 1.82) is 0 Å². The van der Waals surface area contributed by atoms with Gasteiger partial charge in [0.25, 0.3) is 0 Å². The maximum absolute atomic E-state index is 2.58. The monoisotopic (exact) mass is 742 g/mol. The van der Waals surface area contributed by atoms with Gasteiger partial charge in [-0.3, -0.25) is 0 Å². The average Bonchev–Trinajstić information content (AvgIpc) is 3.32. The zero-order valence-electron chi connectivity index (χ0n) is 25.7. The van der Waals surface area contributed by atoms with Crippen molar-refractivity contribution in [3.05, 3.63) is 70.5 Å². The van der Waals surface area contributed by atoms with Gasteiger partial charge in [0, 0.05) is 0 Å². The first-order valence-corrected chi connectivity index (χ1v) is 43.7. The van der Waals surface area contributed by atoms with Crippen molar-refractivity contribution in [2.75, 3.05) is 0 Å². The van der Waals surface area contributed by atoms with Crippen LogP contribution in [0, 0.1) is 12.8 Å². The fourth-order valence-corrected chi connectivity index (χ4v) is 19.5. The SMILES string of the molecule is [CH3][Ge]([CH3])([CH3])[c]1cc[c]([Ge]([CH3])([CH3])[CH3])c2c1[CH]C(CCCC1=Cc3[c]([Ge]([CH3])([CH3])[CH3])cc[c]([Ge]([CH3])([CH3])[CH3])c3[CH]1)=C2. The molecule has 2 aliphatic rings. The van der Waals surface area contributed by atoms with E-state index in [4.69, 9.17) is 0 Å². The van der Waals surface area contributed by atoms with Crippen LogP contribution < -0.4 is 17.6 Å². The van der Waals surface area contributed by atoms with Crippen molar-refractivity contribution < 1.29 is 0 Å². The molecular formula is C33H50Ge4. The summed E-state index contributed by atoms with van der Waals surface area (Å²) in [6.45, 7) is 0. The van der Waals surface area contributed by atoms with Gasteiger partial charge in [-0.2, -0.15) is 0 Å². The Morgan fingerprint density at radius 2 is 0.676 bits per heavy atom. The second-order valence-electron chi connectivity index (χ2n) is 15.6. The minimum atomic E-state index is -1.93. The van der Waals surface area contributed by atoms with Crippen molar-refractivity contribution >= 4 is 82.8 Å². The van der Waals surface area contributed by atoms with Gasteiger partial charge in [0.1, 0.15) is 0 Å². The molecule has 0 atom stereocenters. The maximum atomic E-state index is 2.58. The molecular weight excluding hydrogens is 687 g/mol. The standard InChI is InChI=1S/C33H50Ge4/c1-34(2,3)30-16-17-31(35(4,5)6)27-21-24(20-26(27)30)14-13-15-25-22-28-29(23-25)33(37(10,11)12)19-18-32(28)36(7,8)9/h16-23H,13-15H2,1-12H3. The summed E-state index contributed by atoms with van der Waals surface area (Å²) in [4.78, 5) is 0. The number of fused-ring (bicyclic) bond motifs is 2. The Morgan fingerprint density at radius 3 is 0.946 bits per heavy atom. The quantitative estimate of drug-likeness (QED) is 0.245. The normalized spacial score (nSPS) is 16.0. The van der Waals surface area contributed by atoms with Crippen LogP contribution in [0.1, 0.15) is 41.5 Å². The van der Waals surface area contributed by atoms with Crippen molar-refractivity contribution in [3.63, 3.8) is 0 Å². The van der Waals surface area contributed by atoms with Crippen LogP contribution in [-0.4, -0.2) is 53.1 Å². The number of benzene rings is 2. The molecule has 0 amide bonds. The first-order valence-electron chi connectivity index (χ1n) is 14.3. The van der Waals surface area contributed by atoms with Crippen molar-refractivity contribution in [1.82, 2.24) is 0 Å². The number of allylic oxidation sites excluding steroid dienone is 2. The molecule has 0 aromatic heterocycles. The Hall–Kier alpha value is 0.0914. The molecule has 0 saturated carbocycles. The van der Waals surface area contributed by atoms with E-state index in [2.05, 4.69) is 118 Å². The van der Waals surface area contributed by atoms with Crippen LogP contribution in [-0.2, 0) is 0 Å². The topological polar surface area (TPSA) is 0 Å². The molecule has 0 saturated heterocycles. The molecule has 0 bridgehead atoms. The van der Waals surface area contributed by atoms with Crippen LogP contribution in [0.4, 0.5) is 0 Å². The Balaban J connectivity index is 1.53. The zero-order chi connectivity index (χ0) is 27.6. The third-order valence-electron chi connectivity index (χ3n) is 8.06. The molecule has 2 aliphatic carbocycles. The first kappa shape index (κ1) is 30.1. The van der Waals surface area contributed by atoms with Crippen LogP contribution in [0.25, 0.3) is 12.2 Å². The average molecular weight is 737 g/mol. The van der Waals surface area contributed by atoms with Gasteiger partial charge in [0.05, 0.1) is 0 Å². The van der Waals surface area contributed by atoms with Crippen LogP contribution in [0.15, 0.2) is 35.4 Å². The molecule has 0 heterocycles. The Labute approximate surface area is 239 Å². The molecule has 4 heteroatoms. The second kappa shape index (κ2) is 10.5. The molecule has 4 rings (SSSR count). The van der Waals surface area contributed by atoms with Crippen LogP contribution >= 0.6 is 0 Å². The van der Waals surface area contributed by atoms with Gasteiger partial charge in [-0.15, -0.1) is 0 Å². The third-order valence-corrected chi connectivity index (χ3v) is 25.3. The van der Waals surface area contributed by atoms with Crippen molar-refractivity contribution in [2.24, 2.45) is 0 Å². The number of hydrogen-bond donors (Lipinski definition) is 0. The van der Waals surface area contributed by atoms with Crippen LogP contribution in [0.5, 0.6) is 0 Å². The summed E-state index contributed by atoms with van der Waals surface area (Å²) in [7, 11) is 0. The van der Waals surface area contributed by atoms with E-state index in [0.29, 0.717) is 0 Å². The first-order chi connectivity index (χ1) is 16.9. The summed E-state index contributed by atoms with van der Waals surface area (Å²) in [6, 6.07) is 10.1. The summed E-state index contributed by atoms with van der Waals surface area (Å²) in [6.07, 6.45) is 13.9. The van der Waals surface area contributed by atoms with Crippen molar-refractivity contribution in [3.8, 4) is 0 Å². The predicted octanol–water partition coefficient (Wildman–Crippen LogP) is 7.64. The van der Waals surface area contributed by atoms with E-state index in [1.165, 1.54) is 19.3 Å². The predicted molar refractivity (Wildman–Crippen MR) is 181 cm³/mol. The Kier molecular flexibility index (Phi) is 8.52. The fraction of sp³-hybridized carbons (Fsp3) is 0.455. The molecule has 37 heavy (non-hydrogen) atoms. The van der Waals surface area contributed by atoms with E-state index in [9.17, 15) is 0 Å². The fourth-order valence-electron chi connectivity index (χ4n) is 6.12. The van der Waals surface area contributed by atoms with Gasteiger partial charge in [-0.25, -0.2) is 0 Å². The third kappa shape index (κ3) is 6.54. The molecule has 0 aliphatic heterocycles. The molecule has 0 spiro atoms. The Morgan fingerprint density at radius 1 is 0.405 bits per heavy atom. The van der Waals surface area contributed by atoms with Gasteiger partial charge < -0.3 is 0 Å². The van der Waals surface area contributed by atoms with Gasteiger partial charge in [0.2, 0.25) is 0 Å². The van der Waals surface area contributed by atoms with E-state index >= 15 is 0 Å². The molecule has 2 aromatic carbocycles. The van der Waals surface area contributed by atoms with E-state index in [-0.39, 0.29) is 0 Å². The molecule has 0 N–H and O–H groups in total. The summed E-state index contributed by atoms with van der Waals surface area (Å²) in [5, 5.41) is 0. The zero-order valence-corrected chi connectivity index (χ0v) is 34.1. The van der Waals surface area contributed by atoms with Crippen LogP contribution in [0.3, 0.4) is 0 Å². The van der Waals surface area contributed by atoms with Gasteiger partial charge in [0.15, 0.2) is 0 Å². The number of hydrogen-bond acceptors (Lipinski definition) is 0. The van der Waals surface area contributed by atoms with Crippen molar-refractivity contribution in [2.45, 2.75) is 88.3 Å². The van der Waals surface area contributed by atoms with Gasteiger partial charge in [-0.1, -0.05) is 0 Å². The summed E-state index contributed by atoms with van der Waals surface area (Å²) in [5.41, 5.74) is 9.53. The molecule has 198 valence electrons. The second-order valence-corrected chi connectivity index (χ2v) is 57.8. The molecule has 2 radical (unpaired) electrons. The molecule has 0 fully saturated rings. The molecule has 2 aromatic rings. The summed E-state index contributed by atoms with van der Waals surface area (Å²) in [5.74, 6) is 30.6. The van der Waals surface area contributed by atoms with E-state index in [0.717, 1.165) is 0 Å². The Bertz CT molecular complexity index is 1170. The van der Waals surface area contributed by atoms with E-state index in [1.54, 1.807) is 51.0 Å². The van der Waals surface area contributed by atoms with Gasteiger partial charge in [-0.05, 0) is 0 Å². The molecule has 0 nitrogen and oxygen atoms in total. The van der Waals surface area contributed by atoms with E-state index in [1.807, 2.05) is 0 Å².